The van der Waals surface area contributed by atoms with Crippen molar-refractivity contribution in [3.63, 3.8) is 0 Å². The molecule has 0 aliphatic heterocycles. The summed E-state index contributed by atoms with van der Waals surface area (Å²) in [6.07, 6.45) is 27.2. The molecule has 1 unspecified atom stereocenters. The molecule has 0 aromatic heterocycles. The second kappa shape index (κ2) is 32.9. The molecule has 8 heteroatoms. The summed E-state index contributed by atoms with van der Waals surface area (Å²) >= 11 is 0. The lowest BCUT2D eigenvalue weighted by Crippen LogP contribution is -2.29. The molecule has 0 aromatic carbocycles. The Balaban J connectivity index is 3.62. The first-order valence-electron chi connectivity index (χ1n) is 18.3. The molecule has 0 fully saturated rings. The molecule has 258 valence electrons. The lowest BCUT2D eigenvalue weighted by atomic mass is 10.1. The molecule has 43 heavy (non-hydrogen) atoms. The van der Waals surface area contributed by atoms with E-state index in [0.29, 0.717) is 26.2 Å². The zero-order valence-corrected chi connectivity index (χ0v) is 29.7. The van der Waals surface area contributed by atoms with Crippen molar-refractivity contribution in [2.45, 2.75) is 168 Å². The highest BCUT2D eigenvalue weighted by molar-refractivity contribution is 7.52. The molecule has 0 saturated carbocycles. The monoisotopic (exact) mass is 634 g/mol. The Labute approximate surface area is 267 Å². The van der Waals surface area contributed by atoms with Crippen molar-refractivity contribution in [3.8, 4) is 0 Å². The van der Waals surface area contributed by atoms with E-state index in [1.165, 1.54) is 70.6 Å². The van der Waals surface area contributed by atoms with Crippen LogP contribution in [0, 0.1) is 0 Å². The lowest BCUT2D eigenvalue weighted by Gasteiger charge is -2.21. The van der Waals surface area contributed by atoms with Gasteiger partial charge in [0.1, 0.15) is 0 Å². The fourth-order valence-corrected chi connectivity index (χ4v) is 6.27. The van der Waals surface area contributed by atoms with Gasteiger partial charge in [-0.05, 0) is 51.6 Å². The second-order valence-corrected chi connectivity index (χ2v) is 14.5. The molecule has 0 amide bonds. The maximum absolute atomic E-state index is 12.4. The molecule has 0 aliphatic carbocycles. The Morgan fingerprint density at radius 3 is 1.42 bits per heavy atom. The summed E-state index contributed by atoms with van der Waals surface area (Å²) in [6, 6.07) is 0. The number of aliphatic hydroxyl groups excluding tert-OH is 1. The number of esters is 1. The molecular weight excluding hydrogens is 561 g/mol. The maximum atomic E-state index is 12.4. The second-order valence-electron chi connectivity index (χ2n) is 12.4. The average molecular weight is 634 g/mol. The van der Waals surface area contributed by atoms with E-state index in [2.05, 4.69) is 18.7 Å². The van der Waals surface area contributed by atoms with Gasteiger partial charge in [0, 0.05) is 19.6 Å². The normalized spacial score (nSPS) is 13.0. The van der Waals surface area contributed by atoms with Crippen LogP contribution in [0.5, 0.6) is 0 Å². The van der Waals surface area contributed by atoms with E-state index in [1.807, 2.05) is 0 Å². The number of carbonyl (C=O) groups is 1. The summed E-state index contributed by atoms with van der Waals surface area (Å²) < 4.78 is 28.9. The summed E-state index contributed by atoms with van der Waals surface area (Å²) in [5.41, 5.74) is 0. The fourth-order valence-electron chi connectivity index (χ4n) is 5.28. The molecule has 0 spiro atoms. The number of carbonyl (C=O) groups excluding carboxylic acids is 1. The van der Waals surface area contributed by atoms with Crippen molar-refractivity contribution in [3.05, 3.63) is 0 Å². The van der Waals surface area contributed by atoms with Gasteiger partial charge < -0.3 is 23.8 Å². The highest BCUT2D eigenvalue weighted by atomic mass is 31.2. The van der Waals surface area contributed by atoms with Crippen molar-refractivity contribution in [1.82, 2.24) is 4.90 Å². The summed E-state index contributed by atoms with van der Waals surface area (Å²) in [5, 5.41) is 9.44. The quantitative estimate of drug-likeness (QED) is 0.0422. The molecule has 0 radical (unpaired) electrons. The summed E-state index contributed by atoms with van der Waals surface area (Å²) in [7, 11) is -2.92. The fraction of sp³-hybridized carbons (Fsp3) is 0.971. The van der Waals surface area contributed by atoms with E-state index in [-0.39, 0.29) is 12.6 Å². The number of unbranched alkanes of at least 4 members (excludes halogenated alkanes) is 19. The van der Waals surface area contributed by atoms with Crippen LogP contribution in [0.3, 0.4) is 0 Å². The number of hydrogen-bond donors (Lipinski definition) is 1. The molecule has 0 bridgehead atoms. The van der Waals surface area contributed by atoms with E-state index in [9.17, 15) is 14.5 Å². The topological polar surface area (TPSA) is 85.3 Å². The number of hydrogen-bond acceptors (Lipinski definition) is 7. The Hall–Kier alpha value is -0.460. The molecule has 1 atom stereocenters. The molecule has 7 nitrogen and oxygen atoms in total. The van der Waals surface area contributed by atoms with E-state index in [4.69, 9.17) is 13.8 Å². The number of ether oxygens (including phenoxy) is 1. The maximum Gasteiger partial charge on any atom is 0.327 e. The van der Waals surface area contributed by atoms with Crippen molar-refractivity contribution in [1.29, 1.82) is 0 Å². The molecule has 0 heterocycles. The average Bonchev–Trinajstić information content (AvgIpc) is 2.98. The van der Waals surface area contributed by atoms with Gasteiger partial charge in [0.25, 0.3) is 0 Å². The standard InChI is InChI=1S/C35H72NO6P/c1-4-6-8-10-12-18-24-32-40-35(38)27-21-15-13-16-22-28-36(30-31-37)29-23-17-14-20-26-34-42-43(3,39)41-33-25-19-11-9-7-5-2/h37H,4-34H2,1-3H3. The number of rotatable bonds is 35. The van der Waals surface area contributed by atoms with Crippen LogP contribution in [0.2, 0.25) is 0 Å². The minimum absolute atomic E-state index is 0.0363. The highest BCUT2D eigenvalue weighted by Gasteiger charge is 2.16. The summed E-state index contributed by atoms with van der Waals surface area (Å²) in [6.45, 7) is 10.7. The smallest absolute Gasteiger partial charge is 0.327 e. The molecule has 0 saturated heterocycles. The van der Waals surface area contributed by atoms with Crippen molar-refractivity contribution >= 4 is 13.6 Å². The molecular formula is C35H72NO6P. The van der Waals surface area contributed by atoms with Gasteiger partial charge in [-0.3, -0.25) is 9.36 Å². The van der Waals surface area contributed by atoms with Gasteiger partial charge in [-0.2, -0.15) is 0 Å². The van der Waals surface area contributed by atoms with Crippen LogP contribution in [-0.2, 0) is 23.1 Å². The molecule has 0 aliphatic rings. The first kappa shape index (κ1) is 42.5. The largest absolute Gasteiger partial charge is 0.466 e. The Bertz CT molecular complexity index is 635. The van der Waals surface area contributed by atoms with Crippen molar-refractivity contribution in [2.24, 2.45) is 0 Å². The number of nitrogens with zero attached hydrogens (tertiary/aromatic N) is 1. The van der Waals surface area contributed by atoms with E-state index in [1.54, 1.807) is 6.66 Å². The third kappa shape index (κ3) is 32.7. The minimum Gasteiger partial charge on any atom is -0.466 e. The van der Waals surface area contributed by atoms with Gasteiger partial charge in [-0.15, -0.1) is 0 Å². The van der Waals surface area contributed by atoms with E-state index in [0.717, 1.165) is 96.7 Å². The molecule has 0 rings (SSSR count). The van der Waals surface area contributed by atoms with Crippen LogP contribution in [0.4, 0.5) is 0 Å². The summed E-state index contributed by atoms with van der Waals surface area (Å²) in [5.74, 6) is -0.0363. The molecule has 1 N–H and O–H groups in total. The van der Waals surface area contributed by atoms with Gasteiger partial charge in [-0.1, -0.05) is 123 Å². The zero-order valence-electron chi connectivity index (χ0n) is 28.8. The first-order valence-corrected chi connectivity index (χ1v) is 20.3. The Kier molecular flexibility index (Phi) is 32.6. The van der Waals surface area contributed by atoms with Crippen LogP contribution < -0.4 is 0 Å². The number of aliphatic hydroxyl groups is 1. The third-order valence-corrected chi connectivity index (χ3v) is 9.35. The van der Waals surface area contributed by atoms with Gasteiger partial charge >= 0.3 is 13.6 Å². The lowest BCUT2D eigenvalue weighted by molar-refractivity contribution is -0.143. The van der Waals surface area contributed by atoms with E-state index >= 15 is 0 Å². The van der Waals surface area contributed by atoms with Crippen molar-refractivity contribution in [2.75, 3.05) is 52.7 Å². The van der Waals surface area contributed by atoms with Crippen LogP contribution in [-0.4, -0.2) is 68.7 Å². The predicted molar refractivity (Wildman–Crippen MR) is 182 cm³/mol. The highest BCUT2D eigenvalue weighted by Crippen LogP contribution is 2.44. The van der Waals surface area contributed by atoms with E-state index < -0.39 is 7.60 Å². The van der Waals surface area contributed by atoms with Crippen molar-refractivity contribution < 1.29 is 28.3 Å². The van der Waals surface area contributed by atoms with Crippen LogP contribution in [0.25, 0.3) is 0 Å². The Morgan fingerprint density at radius 2 is 0.953 bits per heavy atom. The van der Waals surface area contributed by atoms with Crippen LogP contribution in [0.15, 0.2) is 0 Å². The zero-order chi connectivity index (χ0) is 31.7. The SMILES string of the molecule is CCCCCCCCCOC(=O)CCCCCCCN(CCO)CCCCCCCOP(C)(=O)OCCCCCCCC. The summed E-state index contributed by atoms with van der Waals surface area (Å²) in [4.78, 5) is 14.3. The Morgan fingerprint density at radius 1 is 0.558 bits per heavy atom. The molecule has 0 aromatic rings. The van der Waals surface area contributed by atoms with Gasteiger partial charge in [0.05, 0.1) is 26.4 Å². The minimum atomic E-state index is -2.92. The van der Waals surface area contributed by atoms with Crippen LogP contribution in [0.1, 0.15) is 168 Å². The van der Waals surface area contributed by atoms with Crippen LogP contribution >= 0.6 is 7.60 Å². The third-order valence-electron chi connectivity index (χ3n) is 8.05. The van der Waals surface area contributed by atoms with Gasteiger partial charge in [0.2, 0.25) is 0 Å². The van der Waals surface area contributed by atoms with Gasteiger partial charge in [-0.25, -0.2) is 0 Å². The predicted octanol–water partition coefficient (Wildman–Crippen LogP) is 10.1. The van der Waals surface area contributed by atoms with Gasteiger partial charge in [0.15, 0.2) is 0 Å². The first-order chi connectivity index (χ1) is 20.9.